The van der Waals surface area contributed by atoms with Crippen LogP contribution in [0.4, 0.5) is 5.69 Å². The Morgan fingerprint density at radius 1 is 1.24 bits per heavy atom. The van der Waals surface area contributed by atoms with Crippen molar-refractivity contribution in [3.05, 3.63) is 65.9 Å². The van der Waals surface area contributed by atoms with Crippen molar-refractivity contribution in [1.82, 2.24) is 0 Å². The van der Waals surface area contributed by atoms with E-state index in [0.29, 0.717) is 11.3 Å². The quantitative estimate of drug-likeness (QED) is 0.624. The number of rotatable bonds is 2. The first kappa shape index (κ1) is 11.4. The summed E-state index contributed by atoms with van der Waals surface area (Å²) in [6.07, 6.45) is 7.99. The van der Waals surface area contributed by atoms with Gasteiger partial charge in [-0.15, -0.1) is 0 Å². The standard InChI is InChI=1S/C14H13NO2/c1-11-5-4-7-13(9-11)15(17)10-12-6-2-3-8-14(12)16/h2-10,17H,1H3/b12-10-. The van der Waals surface area contributed by atoms with Crippen molar-refractivity contribution in [2.75, 3.05) is 5.06 Å². The number of carbonyl (C=O) groups excluding carboxylic acids is 1. The van der Waals surface area contributed by atoms with Gasteiger partial charge in [0, 0.05) is 11.8 Å². The third-order valence-electron chi connectivity index (χ3n) is 2.45. The average molecular weight is 227 g/mol. The molecule has 1 aliphatic carbocycles. The molecule has 1 aliphatic rings. The predicted molar refractivity (Wildman–Crippen MR) is 66.8 cm³/mol. The van der Waals surface area contributed by atoms with E-state index in [-0.39, 0.29) is 5.78 Å². The molecule has 1 aromatic rings. The SMILES string of the molecule is Cc1cccc(N(O)/C=C2/C=CC=CC2=O)c1. The van der Waals surface area contributed by atoms with Gasteiger partial charge in [0.1, 0.15) is 0 Å². The summed E-state index contributed by atoms with van der Waals surface area (Å²) in [6.45, 7) is 1.94. The van der Waals surface area contributed by atoms with Gasteiger partial charge >= 0.3 is 0 Å². The first-order valence-electron chi connectivity index (χ1n) is 5.32. The summed E-state index contributed by atoms with van der Waals surface area (Å²) in [5.74, 6) is -0.112. The fourth-order valence-corrected chi connectivity index (χ4v) is 1.56. The molecule has 0 bridgehead atoms. The molecular formula is C14H13NO2. The van der Waals surface area contributed by atoms with Crippen molar-refractivity contribution in [2.45, 2.75) is 6.92 Å². The lowest BCUT2D eigenvalue weighted by Crippen LogP contribution is -2.13. The second kappa shape index (κ2) is 4.80. The minimum atomic E-state index is -0.112. The first-order chi connectivity index (χ1) is 8.16. The van der Waals surface area contributed by atoms with Crippen LogP contribution in [0.5, 0.6) is 0 Å². The van der Waals surface area contributed by atoms with Crippen LogP contribution in [0.15, 0.2) is 60.3 Å². The Morgan fingerprint density at radius 3 is 2.71 bits per heavy atom. The van der Waals surface area contributed by atoms with Crippen LogP contribution in [0.3, 0.4) is 0 Å². The minimum Gasteiger partial charge on any atom is -0.289 e. The molecule has 0 saturated carbocycles. The monoisotopic (exact) mass is 227 g/mol. The highest BCUT2D eigenvalue weighted by atomic mass is 16.5. The van der Waals surface area contributed by atoms with Crippen molar-refractivity contribution >= 4 is 11.5 Å². The lowest BCUT2D eigenvalue weighted by molar-refractivity contribution is -0.111. The number of hydrogen-bond donors (Lipinski definition) is 1. The predicted octanol–water partition coefficient (Wildman–Crippen LogP) is 2.77. The van der Waals surface area contributed by atoms with Gasteiger partial charge in [0.2, 0.25) is 0 Å². The Labute approximate surface area is 99.9 Å². The maximum Gasteiger partial charge on any atom is 0.187 e. The molecule has 0 saturated heterocycles. The smallest absolute Gasteiger partial charge is 0.187 e. The fraction of sp³-hybridized carbons (Fsp3) is 0.0714. The molecule has 3 nitrogen and oxygen atoms in total. The number of carbonyl (C=O) groups is 1. The molecule has 2 rings (SSSR count). The molecule has 0 heterocycles. The van der Waals surface area contributed by atoms with E-state index in [9.17, 15) is 10.0 Å². The summed E-state index contributed by atoms with van der Waals surface area (Å²) < 4.78 is 0. The molecule has 0 aliphatic heterocycles. The Kier molecular flexibility index (Phi) is 3.21. The molecule has 0 atom stereocenters. The Morgan fingerprint density at radius 2 is 2.00 bits per heavy atom. The maximum absolute atomic E-state index is 11.5. The number of allylic oxidation sites excluding steroid dienone is 5. The number of benzene rings is 1. The van der Waals surface area contributed by atoms with E-state index in [1.165, 1.54) is 12.3 Å². The van der Waals surface area contributed by atoms with Gasteiger partial charge in [0.15, 0.2) is 5.78 Å². The summed E-state index contributed by atoms with van der Waals surface area (Å²) in [6, 6.07) is 7.41. The lowest BCUT2D eigenvalue weighted by atomic mass is 10.1. The van der Waals surface area contributed by atoms with Gasteiger partial charge in [-0.25, -0.2) is 5.06 Å². The van der Waals surface area contributed by atoms with Gasteiger partial charge in [-0.05, 0) is 36.8 Å². The van der Waals surface area contributed by atoms with Crippen LogP contribution < -0.4 is 5.06 Å². The van der Waals surface area contributed by atoms with E-state index < -0.39 is 0 Å². The van der Waals surface area contributed by atoms with Crippen molar-refractivity contribution in [3.63, 3.8) is 0 Å². The van der Waals surface area contributed by atoms with E-state index in [1.54, 1.807) is 24.3 Å². The van der Waals surface area contributed by atoms with Crippen molar-refractivity contribution in [2.24, 2.45) is 0 Å². The fourth-order valence-electron chi connectivity index (χ4n) is 1.56. The first-order valence-corrected chi connectivity index (χ1v) is 5.32. The average Bonchev–Trinajstić information content (AvgIpc) is 2.32. The molecule has 0 amide bonds. The van der Waals surface area contributed by atoms with Gasteiger partial charge in [-0.2, -0.15) is 0 Å². The molecule has 17 heavy (non-hydrogen) atoms. The van der Waals surface area contributed by atoms with Gasteiger partial charge < -0.3 is 0 Å². The normalized spacial score (nSPS) is 16.6. The maximum atomic E-state index is 11.5. The van der Waals surface area contributed by atoms with E-state index in [0.717, 1.165) is 10.6 Å². The van der Waals surface area contributed by atoms with E-state index in [4.69, 9.17) is 0 Å². The molecule has 1 aromatic carbocycles. The highest BCUT2D eigenvalue weighted by Gasteiger charge is 2.08. The summed E-state index contributed by atoms with van der Waals surface area (Å²) in [7, 11) is 0. The molecule has 0 spiro atoms. The number of anilines is 1. The molecule has 1 N–H and O–H groups in total. The molecule has 0 fully saturated rings. The van der Waals surface area contributed by atoms with E-state index in [2.05, 4.69) is 0 Å². The molecule has 0 aromatic heterocycles. The summed E-state index contributed by atoms with van der Waals surface area (Å²) in [5.41, 5.74) is 2.13. The van der Waals surface area contributed by atoms with Gasteiger partial charge in [-0.1, -0.05) is 24.3 Å². The third kappa shape index (κ3) is 2.71. The van der Waals surface area contributed by atoms with Crippen LogP contribution in [-0.2, 0) is 4.79 Å². The molecular weight excluding hydrogens is 214 g/mol. The minimum absolute atomic E-state index is 0.112. The lowest BCUT2D eigenvalue weighted by Gasteiger charge is -2.14. The van der Waals surface area contributed by atoms with Crippen LogP contribution in [-0.4, -0.2) is 11.0 Å². The highest BCUT2D eigenvalue weighted by molar-refractivity contribution is 6.07. The van der Waals surface area contributed by atoms with Crippen LogP contribution in [0.1, 0.15) is 5.56 Å². The highest BCUT2D eigenvalue weighted by Crippen LogP contribution is 2.16. The molecule has 0 unspecified atom stereocenters. The van der Waals surface area contributed by atoms with Gasteiger partial charge in [0.25, 0.3) is 0 Å². The zero-order valence-corrected chi connectivity index (χ0v) is 9.50. The Bertz CT molecular complexity index is 527. The van der Waals surface area contributed by atoms with E-state index >= 15 is 0 Å². The zero-order valence-electron chi connectivity index (χ0n) is 9.50. The number of aryl methyl sites for hydroxylation is 1. The van der Waals surface area contributed by atoms with Crippen LogP contribution in [0, 0.1) is 6.92 Å². The topological polar surface area (TPSA) is 40.5 Å². The van der Waals surface area contributed by atoms with Gasteiger partial charge in [0.05, 0.1) is 5.69 Å². The van der Waals surface area contributed by atoms with Crippen LogP contribution in [0.25, 0.3) is 0 Å². The summed E-state index contributed by atoms with van der Waals surface area (Å²) in [4.78, 5) is 11.5. The second-order valence-corrected chi connectivity index (χ2v) is 3.85. The second-order valence-electron chi connectivity index (χ2n) is 3.85. The van der Waals surface area contributed by atoms with Crippen molar-refractivity contribution in [1.29, 1.82) is 0 Å². The zero-order chi connectivity index (χ0) is 12.3. The van der Waals surface area contributed by atoms with Crippen molar-refractivity contribution in [3.8, 4) is 0 Å². The summed E-state index contributed by atoms with van der Waals surface area (Å²) in [5, 5.41) is 10.8. The number of hydrogen-bond acceptors (Lipinski definition) is 3. The van der Waals surface area contributed by atoms with Gasteiger partial charge in [-0.3, -0.25) is 10.0 Å². The molecule has 3 heteroatoms. The number of ketones is 1. The Balaban J connectivity index is 2.24. The largest absolute Gasteiger partial charge is 0.289 e. The Hall–Kier alpha value is -2.13. The summed E-state index contributed by atoms with van der Waals surface area (Å²) >= 11 is 0. The van der Waals surface area contributed by atoms with Crippen LogP contribution >= 0.6 is 0 Å². The van der Waals surface area contributed by atoms with E-state index in [1.807, 2.05) is 25.1 Å². The third-order valence-corrected chi connectivity index (χ3v) is 2.45. The number of nitrogens with zero attached hydrogens (tertiary/aromatic N) is 1. The molecule has 86 valence electrons. The van der Waals surface area contributed by atoms with Crippen LogP contribution in [0.2, 0.25) is 0 Å². The number of hydroxylamine groups is 1. The van der Waals surface area contributed by atoms with Crippen molar-refractivity contribution < 1.29 is 10.0 Å². The molecule has 0 radical (unpaired) electrons.